The standard InChI is InChI=1S/C29H44N4O7.C14H27N3O5.C2H6/c1-18(2)25(32-22(34)10-8-7-9-13-33-24(36)14-20(5)27(33)38)26(37)30-16-23(35)31-21-11-12-29(6,15-21)17-40-28(39)19(3)4;1-15-12(18)5-7-21-9-10-22-8-6-13(19)17(4)11-14(20)16(2)3;1-2/h11-12,15,18-20,25H,7-10,13-14,16-17H2,1-6H3,(H,30,37)(H,31,35)(H,32,34);5-11H2,1-4H3,(H,15,18);1-2H3. The van der Waals surface area contributed by atoms with Crippen molar-refractivity contribution < 1.29 is 57.4 Å². The van der Waals surface area contributed by atoms with E-state index in [2.05, 4.69) is 21.3 Å². The number of likely N-dealkylation sites (tertiary alicyclic amines) is 1. The quantitative estimate of drug-likeness (QED) is 0.0555. The zero-order valence-corrected chi connectivity index (χ0v) is 40.4. The molecule has 2 rings (SSSR count). The molecule has 1 fully saturated rings. The van der Waals surface area contributed by atoms with Crippen LogP contribution in [0.5, 0.6) is 0 Å². The number of nitrogens with zero attached hydrogens (tertiary/aromatic N) is 3. The van der Waals surface area contributed by atoms with Gasteiger partial charge in [-0.25, -0.2) is 0 Å². The Morgan fingerprint density at radius 2 is 1.47 bits per heavy atom. The summed E-state index contributed by atoms with van der Waals surface area (Å²) >= 11 is 0. The summed E-state index contributed by atoms with van der Waals surface area (Å²) in [6, 6.07) is -0.800. The first-order valence-corrected chi connectivity index (χ1v) is 22.2. The fourth-order valence-corrected chi connectivity index (χ4v) is 5.77. The minimum absolute atomic E-state index is 0.0639. The number of hydrogen-bond acceptors (Lipinski definition) is 12. The van der Waals surface area contributed by atoms with Crippen LogP contribution in [-0.2, 0) is 57.4 Å². The van der Waals surface area contributed by atoms with E-state index in [-0.39, 0.29) is 105 Å². The number of carbonyl (C=O) groups is 9. The molecule has 1 heterocycles. The van der Waals surface area contributed by atoms with Crippen LogP contribution in [0.15, 0.2) is 23.9 Å². The van der Waals surface area contributed by atoms with Gasteiger partial charge in [0.25, 0.3) is 0 Å². The molecule has 364 valence electrons. The van der Waals surface area contributed by atoms with Crippen LogP contribution in [0.25, 0.3) is 0 Å². The highest BCUT2D eigenvalue weighted by molar-refractivity contribution is 6.03. The molecule has 1 saturated heterocycles. The molecule has 0 aromatic rings. The van der Waals surface area contributed by atoms with E-state index in [0.29, 0.717) is 57.7 Å². The molecule has 4 N–H and O–H groups in total. The third kappa shape index (κ3) is 24.0. The van der Waals surface area contributed by atoms with Crippen molar-refractivity contribution in [1.82, 2.24) is 36.0 Å². The third-order valence-corrected chi connectivity index (χ3v) is 9.73. The lowest BCUT2D eigenvalue weighted by Crippen LogP contribution is -2.51. The summed E-state index contributed by atoms with van der Waals surface area (Å²) in [4.78, 5) is 111. The predicted octanol–water partition coefficient (Wildman–Crippen LogP) is 2.09. The Morgan fingerprint density at radius 3 is 2.02 bits per heavy atom. The van der Waals surface area contributed by atoms with E-state index in [1.54, 1.807) is 75.0 Å². The number of esters is 1. The second kappa shape index (κ2) is 31.6. The topological polar surface area (TPSA) is 239 Å². The number of allylic oxidation sites excluding steroid dienone is 1. The first kappa shape index (κ1) is 58.8. The lowest BCUT2D eigenvalue weighted by atomic mass is 9.94. The first-order valence-electron chi connectivity index (χ1n) is 22.2. The van der Waals surface area contributed by atoms with Gasteiger partial charge < -0.3 is 45.3 Å². The Hall–Kier alpha value is -5.17. The Kier molecular flexibility index (Phi) is 29.1. The number of imide groups is 1. The predicted molar refractivity (Wildman–Crippen MR) is 241 cm³/mol. The molecule has 1 aliphatic heterocycles. The molecule has 8 amide bonds. The smallest absolute Gasteiger partial charge is 0.308 e. The summed E-state index contributed by atoms with van der Waals surface area (Å²) in [7, 11) is 6.46. The molecule has 3 unspecified atom stereocenters. The van der Waals surface area contributed by atoms with Gasteiger partial charge in [-0.05, 0) is 37.8 Å². The molecule has 0 spiro atoms. The van der Waals surface area contributed by atoms with E-state index in [1.165, 1.54) is 14.7 Å². The number of hydrogen-bond donors (Lipinski definition) is 4. The van der Waals surface area contributed by atoms with Gasteiger partial charge in [0, 0.05) is 71.0 Å². The van der Waals surface area contributed by atoms with E-state index in [0.717, 1.165) is 0 Å². The molecular formula is C45H77N7O12. The Balaban J connectivity index is 0.00000140. The zero-order valence-electron chi connectivity index (χ0n) is 40.4. The molecule has 64 heavy (non-hydrogen) atoms. The molecule has 19 nitrogen and oxygen atoms in total. The summed E-state index contributed by atoms with van der Waals surface area (Å²) in [5, 5.41) is 10.5. The lowest BCUT2D eigenvalue weighted by molar-refractivity contribution is -0.149. The third-order valence-electron chi connectivity index (χ3n) is 9.73. The zero-order chi connectivity index (χ0) is 49.0. The molecule has 0 aromatic carbocycles. The Labute approximate surface area is 380 Å². The van der Waals surface area contributed by atoms with Gasteiger partial charge in [-0.1, -0.05) is 61.0 Å². The van der Waals surface area contributed by atoms with Gasteiger partial charge in [0.2, 0.25) is 47.3 Å². The van der Waals surface area contributed by atoms with Crippen molar-refractivity contribution >= 4 is 53.2 Å². The van der Waals surface area contributed by atoms with Crippen LogP contribution >= 0.6 is 0 Å². The maximum absolute atomic E-state index is 12.7. The van der Waals surface area contributed by atoms with Crippen molar-refractivity contribution in [2.45, 2.75) is 106 Å². The van der Waals surface area contributed by atoms with E-state index in [9.17, 15) is 43.2 Å². The Bertz CT molecular complexity index is 1610. The summed E-state index contributed by atoms with van der Waals surface area (Å²) in [6.07, 6.45) is 8.20. The summed E-state index contributed by atoms with van der Waals surface area (Å²) in [5.74, 6) is -2.76. The minimum Gasteiger partial charge on any atom is -0.464 e. The summed E-state index contributed by atoms with van der Waals surface area (Å²) < 4.78 is 15.8. The molecular weight excluding hydrogens is 831 g/mol. The fraction of sp³-hybridized carbons (Fsp3) is 0.711. The highest BCUT2D eigenvalue weighted by Gasteiger charge is 2.35. The monoisotopic (exact) mass is 908 g/mol. The number of nitrogens with one attached hydrogen (secondary N) is 4. The second-order valence-corrected chi connectivity index (χ2v) is 16.5. The number of rotatable bonds is 26. The molecule has 3 atom stereocenters. The normalized spacial score (nSPS) is 16.8. The van der Waals surface area contributed by atoms with Crippen molar-refractivity contribution in [2.24, 2.45) is 23.2 Å². The lowest BCUT2D eigenvalue weighted by Gasteiger charge is -2.22. The van der Waals surface area contributed by atoms with Gasteiger partial charge in [-0.3, -0.25) is 48.1 Å². The van der Waals surface area contributed by atoms with Crippen LogP contribution in [-0.4, -0.2) is 155 Å². The van der Waals surface area contributed by atoms with Crippen molar-refractivity contribution in [2.75, 3.05) is 80.9 Å². The molecule has 19 heteroatoms. The van der Waals surface area contributed by atoms with Gasteiger partial charge in [-0.2, -0.15) is 0 Å². The van der Waals surface area contributed by atoms with Crippen LogP contribution in [0.2, 0.25) is 0 Å². The van der Waals surface area contributed by atoms with Gasteiger partial charge in [0.1, 0.15) is 12.6 Å². The number of unbranched alkanes of at least 4 members (excludes halogenated alkanes) is 2. The van der Waals surface area contributed by atoms with Crippen LogP contribution < -0.4 is 21.3 Å². The summed E-state index contributed by atoms with van der Waals surface area (Å²) in [5.41, 5.74) is 0.00873. The SMILES string of the molecule is CC.CC(C)C(=O)OCC1(C)C=CC(NC(=O)CNC(=O)C(NC(=O)CCCCCN2C(=O)CC(C)C2=O)C(C)C)=C1.CNC(=O)CCOCCOCCC(=O)N(C)CC(=O)N(C)C. The van der Waals surface area contributed by atoms with E-state index in [4.69, 9.17) is 14.2 Å². The van der Waals surface area contributed by atoms with Gasteiger partial charge >= 0.3 is 5.97 Å². The molecule has 0 saturated carbocycles. The molecule has 0 radical (unpaired) electrons. The maximum Gasteiger partial charge on any atom is 0.308 e. The van der Waals surface area contributed by atoms with Crippen molar-refractivity contribution in [1.29, 1.82) is 0 Å². The van der Waals surface area contributed by atoms with Gasteiger partial charge in [0.15, 0.2) is 0 Å². The molecule has 1 aliphatic carbocycles. The fourth-order valence-electron chi connectivity index (χ4n) is 5.77. The van der Waals surface area contributed by atoms with Crippen LogP contribution in [0, 0.1) is 23.2 Å². The van der Waals surface area contributed by atoms with Crippen LogP contribution in [0.4, 0.5) is 0 Å². The highest BCUT2D eigenvalue weighted by Crippen LogP contribution is 2.28. The van der Waals surface area contributed by atoms with E-state index < -0.39 is 23.3 Å². The van der Waals surface area contributed by atoms with Gasteiger partial charge in [-0.15, -0.1) is 0 Å². The Morgan fingerprint density at radius 1 is 0.844 bits per heavy atom. The van der Waals surface area contributed by atoms with E-state index in [1.807, 2.05) is 26.8 Å². The number of ether oxygens (including phenoxy) is 3. The number of carbonyl (C=O) groups excluding carboxylic acids is 9. The van der Waals surface area contributed by atoms with Crippen molar-refractivity contribution in [3.63, 3.8) is 0 Å². The highest BCUT2D eigenvalue weighted by atomic mass is 16.5. The van der Waals surface area contributed by atoms with E-state index >= 15 is 0 Å². The minimum atomic E-state index is -0.800. The number of amides is 8. The second-order valence-electron chi connectivity index (χ2n) is 16.5. The maximum atomic E-state index is 12.7. The largest absolute Gasteiger partial charge is 0.464 e. The number of likely N-dealkylation sites (N-methyl/N-ethyl adjacent to an activating group) is 2. The first-order chi connectivity index (χ1) is 30.1. The molecule has 0 aromatic heterocycles. The molecule has 0 bridgehead atoms. The summed E-state index contributed by atoms with van der Waals surface area (Å²) in [6.45, 7) is 16.4. The average Bonchev–Trinajstić information content (AvgIpc) is 3.74. The van der Waals surface area contributed by atoms with Crippen molar-refractivity contribution in [3.8, 4) is 0 Å². The molecule has 2 aliphatic rings. The van der Waals surface area contributed by atoms with Crippen LogP contribution in [0.3, 0.4) is 0 Å². The van der Waals surface area contributed by atoms with Gasteiger partial charge in [0.05, 0.1) is 51.9 Å². The van der Waals surface area contributed by atoms with Crippen LogP contribution in [0.1, 0.15) is 100 Å². The van der Waals surface area contributed by atoms with Crippen molar-refractivity contribution in [3.05, 3.63) is 23.9 Å². The average molecular weight is 908 g/mol.